The van der Waals surface area contributed by atoms with Crippen LogP contribution in [0.15, 0.2) is 29.2 Å². The van der Waals surface area contributed by atoms with Gasteiger partial charge in [0.15, 0.2) is 0 Å². The largest absolute Gasteiger partial charge is 0.123 e. The Bertz CT molecular complexity index is 270. The lowest BCUT2D eigenvalue weighted by Crippen LogP contribution is -1.92. The van der Waals surface area contributed by atoms with Crippen LogP contribution in [0.2, 0.25) is 0 Å². The summed E-state index contributed by atoms with van der Waals surface area (Å²) in [4.78, 5) is 1.45. The van der Waals surface area contributed by atoms with E-state index in [0.29, 0.717) is 0 Å². The zero-order chi connectivity index (χ0) is 9.80. The molecule has 0 unspecified atom stereocenters. The zero-order valence-corrected chi connectivity index (χ0v) is 9.65. The van der Waals surface area contributed by atoms with Gasteiger partial charge in [-0.1, -0.05) is 31.9 Å². The van der Waals surface area contributed by atoms with Gasteiger partial charge in [0.2, 0.25) is 0 Å². The number of rotatable bonds is 3. The summed E-state index contributed by atoms with van der Waals surface area (Å²) in [5.74, 6) is 0. The van der Waals surface area contributed by atoms with Crippen molar-refractivity contribution in [2.75, 3.05) is 0 Å². The summed E-state index contributed by atoms with van der Waals surface area (Å²) < 4.78 is 0. The molecule has 1 aromatic rings. The van der Waals surface area contributed by atoms with E-state index in [1.807, 2.05) is 0 Å². The van der Waals surface area contributed by atoms with Crippen molar-refractivity contribution in [1.29, 1.82) is 0 Å². The summed E-state index contributed by atoms with van der Waals surface area (Å²) in [7, 11) is 0. The quantitative estimate of drug-likeness (QED) is 0.711. The van der Waals surface area contributed by atoms with E-state index in [2.05, 4.69) is 43.0 Å². The van der Waals surface area contributed by atoms with Crippen LogP contribution in [0.3, 0.4) is 0 Å². The topological polar surface area (TPSA) is 0 Å². The molecule has 76 valence electrons. The van der Waals surface area contributed by atoms with Gasteiger partial charge in [0.05, 0.1) is 0 Å². The van der Waals surface area contributed by atoms with Gasteiger partial charge < -0.3 is 0 Å². The third-order valence-electron chi connectivity index (χ3n) is 2.94. The molecule has 1 aliphatic rings. The van der Waals surface area contributed by atoms with Crippen molar-refractivity contribution in [2.45, 2.75) is 49.2 Å². The standard InChI is InChI=1S/C13H18S/c1-2-11-7-9-13(10-8-11)14-12-5-3-4-6-12/h7-10,12H,2-6H2,1H3. The molecule has 1 fully saturated rings. The molecule has 2 rings (SSSR count). The molecule has 0 radical (unpaired) electrons. The fourth-order valence-corrected chi connectivity index (χ4v) is 3.25. The number of benzene rings is 1. The van der Waals surface area contributed by atoms with Gasteiger partial charge in [-0.15, -0.1) is 11.8 Å². The van der Waals surface area contributed by atoms with Gasteiger partial charge in [-0.3, -0.25) is 0 Å². The second-order valence-electron chi connectivity index (χ2n) is 4.02. The molecule has 0 atom stereocenters. The molecular weight excluding hydrogens is 188 g/mol. The lowest BCUT2D eigenvalue weighted by molar-refractivity contribution is 0.886. The normalized spacial score (nSPS) is 17.5. The Morgan fingerprint density at radius 1 is 1.14 bits per heavy atom. The third-order valence-corrected chi connectivity index (χ3v) is 4.29. The fraction of sp³-hybridized carbons (Fsp3) is 0.538. The first-order valence-electron chi connectivity index (χ1n) is 5.64. The summed E-state index contributed by atoms with van der Waals surface area (Å²) in [6.45, 7) is 2.21. The maximum Gasteiger partial charge on any atom is 0.00944 e. The molecule has 1 aromatic carbocycles. The monoisotopic (exact) mass is 206 g/mol. The highest BCUT2D eigenvalue weighted by molar-refractivity contribution is 8.00. The van der Waals surface area contributed by atoms with Gasteiger partial charge in [0.1, 0.15) is 0 Å². The molecule has 0 spiro atoms. The van der Waals surface area contributed by atoms with Crippen molar-refractivity contribution in [3.05, 3.63) is 29.8 Å². The minimum atomic E-state index is 0.891. The van der Waals surface area contributed by atoms with E-state index in [4.69, 9.17) is 0 Å². The van der Waals surface area contributed by atoms with Gasteiger partial charge in [-0.2, -0.15) is 0 Å². The van der Waals surface area contributed by atoms with Gasteiger partial charge in [0.25, 0.3) is 0 Å². The van der Waals surface area contributed by atoms with E-state index in [-0.39, 0.29) is 0 Å². The van der Waals surface area contributed by atoms with Gasteiger partial charge in [0, 0.05) is 10.1 Å². The van der Waals surface area contributed by atoms with Crippen LogP contribution in [-0.4, -0.2) is 5.25 Å². The zero-order valence-electron chi connectivity index (χ0n) is 8.83. The summed E-state index contributed by atoms with van der Waals surface area (Å²) in [5, 5.41) is 0.891. The smallest absolute Gasteiger partial charge is 0.00944 e. The summed E-state index contributed by atoms with van der Waals surface area (Å²) in [6, 6.07) is 9.08. The minimum absolute atomic E-state index is 0.891. The molecule has 0 aromatic heterocycles. The first kappa shape index (κ1) is 10.1. The Morgan fingerprint density at radius 3 is 2.36 bits per heavy atom. The molecule has 0 amide bonds. The molecule has 0 heterocycles. The van der Waals surface area contributed by atoms with E-state index in [0.717, 1.165) is 11.7 Å². The molecule has 1 aliphatic carbocycles. The van der Waals surface area contributed by atoms with Gasteiger partial charge in [-0.25, -0.2) is 0 Å². The van der Waals surface area contributed by atoms with Crippen LogP contribution in [0.1, 0.15) is 38.2 Å². The Balaban J connectivity index is 1.95. The van der Waals surface area contributed by atoms with Crippen molar-refractivity contribution >= 4 is 11.8 Å². The molecule has 0 nitrogen and oxygen atoms in total. The molecule has 0 saturated heterocycles. The predicted molar refractivity (Wildman–Crippen MR) is 63.9 cm³/mol. The van der Waals surface area contributed by atoms with Crippen molar-refractivity contribution in [2.24, 2.45) is 0 Å². The highest BCUT2D eigenvalue weighted by atomic mass is 32.2. The van der Waals surface area contributed by atoms with Crippen LogP contribution in [0.25, 0.3) is 0 Å². The number of hydrogen-bond acceptors (Lipinski definition) is 1. The lowest BCUT2D eigenvalue weighted by Gasteiger charge is -2.08. The Labute approximate surface area is 91.1 Å². The molecule has 0 aliphatic heterocycles. The van der Waals surface area contributed by atoms with Crippen LogP contribution in [-0.2, 0) is 6.42 Å². The SMILES string of the molecule is CCc1ccc(SC2CCCC2)cc1. The molecule has 0 bridgehead atoms. The van der Waals surface area contributed by atoms with Crippen LogP contribution in [0, 0.1) is 0 Å². The number of thioether (sulfide) groups is 1. The Hall–Kier alpha value is -0.430. The highest BCUT2D eigenvalue weighted by Gasteiger charge is 2.15. The third kappa shape index (κ3) is 2.54. The molecule has 0 N–H and O–H groups in total. The van der Waals surface area contributed by atoms with Crippen LogP contribution >= 0.6 is 11.8 Å². The maximum atomic E-state index is 2.28. The molecule has 1 saturated carbocycles. The summed E-state index contributed by atoms with van der Waals surface area (Å²) in [5.41, 5.74) is 1.45. The molecule has 1 heteroatoms. The number of hydrogen-bond donors (Lipinski definition) is 0. The van der Waals surface area contributed by atoms with Crippen LogP contribution < -0.4 is 0 Å². The predicted octanol–water partition coefficient (Wildman–Crippen LogP) is 4.28. The van der Waals surface area contributed by atoms with Crippen molar-refractivity contribution in [1.82, 2.24) is 0 Å². The average Bonchev–Trinajstić information content (AvgIpc) is 2.72. The molecular formula is C13H18S. The second kappa shape index (κ2) is 4.88. The van der Waals surface area contributed by atoms with Gasteiger partial charge in [-0.05, 0) is 37.0 Å². The number of aryl methyl sites for hydroxylation is 1. The van der Waals surface area contributed by atoms with Crippen molar-refractivity contribution in [3.8, 4) is 0 Å². The lowest BCUT2D eigenvalue weighted by atomic mass is 10.2. The Morgan fingerprint density at radius 2 is 1.79 bits per heavy atom. The van der Waals surface area contributed by atoms with E-state index in [9.17, 15) is 0 Å². The van der Waals surface area contributed by atoms with E-state index in [1.165, 1.54) is 36.1 Å². The van der Waals surface area contributed by atoms with Crippen LogP contribution in [0.5, 0.6) is 0 Å². The first-order chi connectivity index (χ1) is 6.88. The first-order valence-corrected chi connectivity index (χ1v) is 6.52. The molecule has 14 heavy (non-hydrogen) atoms. The Kier molecular flexibility index (Phi) is 3.52. The fourth-order valence-electron chi connectivity index (χ4n) is 2.00. The second-order valence-corrected chi connectivity index (χ2v) is 5.40. The minimum Gasteiger partial charge on any atom is -0.123 e. The van der Waals surface area contributed by atoms with Gasteiger partial charge >= 0.3 is 0 Å². The van der Waals surface area contributed by atoms with Crippen molar-refractivity contribution < 1.29 is 0 Å². The van der Waals surface area contributed by atoms with E-state index in [1.54, 1.807) is 0 Å². The summed E-state index contributed by atoms with van der Waals surface area (Å²) >= 11 is 2.07. The van der Waals surface area contributed by atoms with E-state index < -0.39 is 0 Å². The van der Waals surface area contributed by atoms with Crippen molar-refractivity contribution in [3.63, 3.8) is 0 Å². The summed E-state index contributed by atoms with van der Waals surface area (Å²) in [6.07, 6.45) is 6.85. The van der Waals surface area contributed by atoms with E-state index >= 15 is 0 Å². The highest BCUT2D eigenvalue weighted by Crippen LogP contribution is 2.34. The maximum absolute atomic E-state index is 2.28. The average molecular weight is 206 g/mol. The van der Waals surface area contributed by atoms with Crippen LogP contribution in [0.4, 0.5) is 0 Å².